The van der Waals surface area contributed by atoms with Gasteiger partial charge in [0.2, 0.25) is 10.0 Å². The number of hydrogen-bond acceptors (Lipinski definition) is 3. The van der Waals surface area contributed by atoms with Gasteiger partial charge in [-0.15, -0.1) is 0 Å². The predicted octanol–water partition coefficient (Wildman–Crippen LogP) is 2.53. The molecule has 0 aliphatic carbocycles. The number of para-hydroxylation sites is 1. The molecule has 5 heteroatoms. The van der Waals surface area contributed by atoms with E-state index in [2.05, 4.69) is 4.72 Å². The summed E-state index contributed by atoms with van der Waals surface area (Å²) < 4.78 is 30.2. The second-order valence-electron chi connectivity index (χ2n) is 4.16. The van der Waals surface area contributed by atoms with Crippen LogP contribution >= 0.6 is 0 Å². The third-order valence-corrected chi connectivity index (χ3v) is 3.08. The lowest BCUT2D eigenvalue weighted by molar-refractivity contribution is 0.482. The summed E-state index contributed by atoms with van der Waals surface area (Å²) in [7, 11) is -3.18. The van der Waals surface area contributed by atoms with Crippen molar-refractivity contribution in [2.75, 3.05) is 6.26 Å². The molecule has 0 aromatic heterocycles. The zero-order valence-electron chi connectivity index (χ0n) is 10.5. The highest BCUT2D eigenvalue weighted by molar-refractivity contribution is 7.88. The molecule has 0 aliphatic heterocycles. The van der Waals surface area contributed by atoms with Crippen molar-refractivity contribution in [1.29, 1.82) is 0 Å². The number of nitrogens with one attached hydrogen (secondary N) is 1. The van der Waals surface area contributed by atoms with Crippen molar-refractivity contribution in [1.82, 2.24) is 4.72 Å². The van der Waals surface area contributed by atoms with Crippen molar-refractivity contribution in [2.24, 2.45) is 0 Å². The van der Waals surface area contributed by atoms with Gasteiger partial charge in [0.1, 0.15) is 11.5 Å². The van der Waals surface area contributed by atoms with Crippen LogP contribution in [-0.4, -0.2) is 14.7 Å². The minimum atomic E-state index is -3.18. The molecule has 19 heavy (non-hydrogen) atoms. The number of benzene rings is 2. The number of hydrogen-bond donors (Lipinski definition) is 1. The zero-order chi connectivity index (χ0) is 13.7. The summed E-state index contributed by atoms with van der Waals surface area (Å²) >= 11 is 0. The van der Waals surface area contributed by atoms with Gasteiger partial charge in [0.25, 0.3) is 0 Å². The van der Waals surface area contributed by atoms with Crippen LogP contribution in [0.1, 0.15) is 5.56 Å². The smallest absolute Gasteiger partial charge is 0.209 e. The Labute approximate surface area is 113 Å². The van der Waals surface area contributed by atoms with Gasteiger partial charge in [0.05, 0.1) is 6.26 Å². The summed E-state index contributed by atoms with van der Waals surface area (Å²) in [6, 6.07) is 16.7. The third-order valence-electron chi connectivity index (χ3n) is 2.42. The Morgan fingerprint density at radius 2 is 1.68 bits per heavy atom. The molecule has 100 valence electrons. The van der Waals surface area contributed by atoms with Gasteiger partial charge in [0.15, 0.2) is 0 Å². The first kappa shape index (κ1) is 13.6. The third kappa shape index (κ3) is 4.73. The predicted molar refractivity (Wildman–Crippen MR) is 74.6 cm³/mol. The van der Waals surface area contributed by atoms with Crippen molar-refractivity contribution in [3.05, 3.63) is 60.2 Å². The quantitative estimate of drug-likeness (QED) is 0.913. The van der Waals surface area contributed by atoms with Crippen LogP contribution in [0, 0.1) is 0 Å². The lowest BCUT2D eigenvalue weighted by Gasteiger charge is -2.08. The molecule has 0 bridgehead atoms. The topological polar surface area (TPSA) is 55.4 Å². The molecule has 0 heterocycles. The number of ether oxygens (including phenoxy) is 1. The molecular weight excluding hydrogens is 262 g/mol. The van der Waals surface area contributed by atoms with Crippen LogP contribution in [-0.2, 0) is 16.6 Å². The number of rotatable bonds is 5. The van der Waals surface area contributed by atoms with E-state index in [1.54, 1.807) is 0 Å². The molecule has 0 aliphatic rings. The summed E-state index contributed by atoms with van der Waals surface area (Å²) in [5, 5.41) is 0. The van der Waals surface area contributed by atoms with E-state index >= 15 is 0 Å². The normalized spacial score (nSPS) is 11.2. The van der Waals surface area contributed by atoms with E-state index in [1.807, 2.05) is 54.6 Å². The molecule has 0 radical (unpaired) electrons. The standard InChI is InChI=1S/C14H15NO3S/c1-19(16,17)15-11-12-6-5-9-14(10-12)18-13-7-3-2-4-8-13/h2-10,15H,11H2,1H3. The first-order valence-electron chi connectivity index (χ1n) is 5.79. The summed E-state index contributed by atoms with van der Waals surface area (Å²) in [6.07, 6.45) is 1.14. The maximum atomic E-state index is 11.0. The van der Waals surface area contributed by atoms with Gasteiger partial charge in [0, 0.05) is 6.54 Å². The van der Waals surface area contributed by atoms with Crippen LogP contribution in [0.2, 0.25) is 0 Å². The Morgan fingerprint density at radius 1 is 1.00 bits per heavy atom. The van der Waals surface area contributed by atoms with Crippen molar-refractivity contribution in [3.63, 3.8) is 0 Å². The van der Waals surface area contributed by atoms with Gasteiger partial charge >= 0.3 is 0 Å². The first-order chi connectivity index (χ1) is 9.03. The zero-order valence-corrected chi connectivity index (χ0v) is 11.4. The molecule has 0 saturated heterocycles. The lowest BCUT2D eigenvalue weighted by Crippen LogP contribution is -2.21. The van der Waals surface area contributed by atoms with Crippen LogP contribution in [0.4, 0.5) is 0 Å². The monoisotopic (exact) mass is 277 g/mol. The van der Waals surface area contributed by atoms with E-state index < -0.39 is 10.0 Å². The Balaban J connectivity index is 2.07. The van der Waals surface area contributed by atoms with Crippen LogP contribution in [0.5, 0.6) is 11.5 Å². The van der Waals surface area contributed by atoms with Crippen LogP contribution in [0.25, 0.3) is 0 Å². The summed E-state index contributed by atoms with van der Waals surface area (Å²) in [5.41, 5.74) is 0.846. The summed E-state index contributed by atoms with van der Waals surface area (Å²) in [4.78, 5) is 0. The van der Waals surface area contributed by atoms with Gasteiger partial charge in [-0.1, -0.05) is 30.3 Å². The molecule has 0 amide bonds. The Morgan fingerprint density at radius 3 is 2.37 bits per heavy atom. The van der Waals surface area contributed by atoms with Crippen molar-refractivity contribution in [2.45, 2.75) is 6.54 Å². The molecule has 0 fully saturated rings. The van der Waals surface area contributed by atoms with Gasteiger partial charge in [-0.2, -0.15) is 0 Å². The Bertz CT molecular complexity index is 639. The first-order valence-corrected chi connectivity index (χ1v) is 7.68. The van der Waals surface area contributed by atoms with Gasteiger partial charge in [-0.05, 0) is 29.8 Å². The molecule has 0 atom stereocenters. The molecular formula is C14H15NO3S. The minimum Gasteiger partial charge on any atom is -0.457 e. The molecule has 2 aromatic rings. The van der Waals surface area contributed by atoms with E-state index in [9.17, 15) is 8.42 Å². The SMILES string of the molecule is CS(=O)(=O)NCc1cccc(Oc2ccccc2)c1. The van der Waals surface area contributed by atoms with Crippen molar-refractivity contribution < 1.29 is 13.2 Å². The number of sulfonamides is 1. The summed E-state index contributed by atoms with van der Waals surface area (Å²) in [5.74, 6) is 1.43. The van der Waals surface area contributed by atoms with Crippen LogP contribution < -0.4 is 9.46 Å². The summed E-state index contributed by atoms with van der Waals surface area (Å²) in [6.45, 7) is 0.255. The molecule has 1 N–H and O–H groups in total. The van der Waals surface area contributed by atoms with Gasteiger partial charge in [-0.25, -0.2) is 13.1 Å². The second-order valence-corrected chi connectivity index (χ2v) is 5.99. The fourth-order valence-corrected chi connectivity index (χ4v) is 1.99. The fraction of sp³-hybridized carbons (Fsp3) is 0.143. The van der Waals surface area contributed by atoms with Gasteiger partial charge in [-0.3, -0.25) is 0 Å². The van der Waals surface area contributed by atoms with Crippen LogP contribution in [0.3, 0.4) is 0 Å². The maximum absolute atomic E-state index is 11.0. The van der Waals surface area contributed by atoms with E-state index in [0.717, 1.165) is 17.6 Å². The minimum absolute atomic E-state index is 0.255. The highest BCUT2D eigenvalue weighted by Crippen LogP contribution is 2.21. The Hall–Kier alpha value is -1.85. The van der Waals surface area contributed by atoms with E-state index in [1.165, 1.54) is 0 Å². The van der Waals surface area contributed by atoms with Crippen molar-refractivity contribution >= 4 is 10.0 Å². The highest BCUT2D eigenvalue weighted by Gasteiger charge is 2.02. The molecule has 4 nitrogen and oxygen atoms in total. The maximum Gasteiger partial charge on any atom is 0.209 e. The van der Waals surface area contributed by atoms with E-state index in [-0.39, 0.29) is 6.54 Å². The average molecular weight is 277 g/mol. The molecule has 2 rings (SSSR count). The average Bonchev–Trinajstić information content (AvgIpc) is 2.37. The molecule has 0 unspecified atom stereocenters. The molecule has 2 aromatic carbocycles. The van der Waals surface area contributed by atoms with Crippen molar-refractivity contribution in [3.8, 4) is 11.5 Å². The molecule has 0 saturated carbocycles. The lowest BCUT2D eigenvalue weighted by atomic mass is 10.2. The second kappa shape index (κ2) is 5.86. The highest BCUT2D eigenvalue weighted by atomic mass is 32.2. The Kier molecular flexibility index (Phi) is 4.19. The van der Waals surface area contributed by atoms with E-state index in [0.29, 0.717) is 5.75 Å². The largest absolute Gasteiger partial charge is 0.457 e. The van der Waals surface area contributed by atoms with Crippen LogP contribution in [0.15, 0.2) is 54.6 Å². The fourth-order valence-electron chi connectivity index (χ4n) is 1.56. The van der Waals surface area contributed by atoms with Gasteiger partial charge < -0.3 is 4.74 Å². The molecule has 0 spiro atoms. The van der Waals surface area contributed by atoms with E-state index in [4.69, 9.17) is 4.74 Å².